The molecule has 0 atom stereocenters. The first kappa shape index (κ1) is 23.8. The van der Waals surface area contributed by atoms with Gasteiger partial charge in [-0.2, -0.15) is 0 Å². The number of benzene rings is 3. The van der Waals surface area contributed by atoms with Crippen molar-refractivity contribution in [2.45, 2.75) is 11.7 Å². The van der Waals surface area contributed by atoms with Crippen LogP contribution in [0.5, 0.6) is 0 Å². The van der Waals surface area contributed by atoms with Gasteiger partial charge < -0.3 is 5.32 Å². The molecule has 0 spiro atoms. The SMILES string of the molecule is C=CCn1c(SCC(=O)Nc2ccccc2)nc2scc(-c3ccc(-c4ccccc4)cc3)c2c1=O. The molecule has 5 nitrogen and oxygen atoms in total. The number of carbonyl (C=O) groups excluding carboxylic acids is 1. The number of anilines is 1. The first-order valence-electron chi connectivity index (χ1n) is 11.4. The van der Waals surface area contributed by atoms with Gasteiger partial charge in [0.1, 0.15) is 4.83 Å². The molecule has 36 heavy (non-hydrogen) atoms. The number of carbonyl (C=O) groups is 1. The van der Waals surface area contributed by atoms with Crippen LogP contribution in [-0.4, -0.2) is 21.2 Å². The number of hydrogen-bond acceptors (Lipinski definition) is 5. The van der Waals surface area contributed by atoms with E-state index in [4.69, 9.17) is 4.98 Å². The smallest absolute Gasteiger partial charge is 0.263 e. The van der Waals surface area contributed by atoms with Gasteiger partial charge in [-0.25, -0.2) is 4.98 Å². The van der Waals surface area contributed by atoms with Crippen molar-refractivity contribution < 1.29 is 4.79 Å². The lowest BCUT2D eigenvalue weighted by Crippen LogP contribution is -2.23. The Morgan fingerprint density at radius 3 is 2.28 bits per heavy atom. The van der Waals surface area contributed by atoms with Gasteiger partial charge in [-0.3, -0.25) is 14.2 Å². The van der Waals surface area contributed by atoms with Crippen LogP contribution in [0, 0.1) is 0 Å². The second-order valence-corrected chi connectivity index (χ2v) is 9.88. The summed E-state index contributed by atoms with van der Waals surface area (Å²) in [4.78, 5) is 31.5. The van der Waals surface area contributed by atoms with Crippen LogP contribution in [0.3, 0.4) is 0 Å². The molecule has 5 aromatic rings. The number of allylic oxidation sites excluding steroid dienone is 1. The Bertz CT molecular complexity index is 1570. The molecule has 0 aliphatic rings. The summed E-state index contributed by atoms with van der Waals surface area (Å²) in [5.41, 5.74) is 4.70. The van der Waals surface area contributed by atoms with E-state index in [1.54, 1.807) is 10.6 Å². The van der Waals surface area contributed by atoms with E-state index in [1.165, 1.54) is 23.1 Å². The summed E-state index contributed by atoms with van der Waals surface area (Å²) in [6.07, 6.45) is 1.67. The van der Waals surface area contributed by atoms with Crippen LogP contribution in [0.15, 0.2) is 113 Å². The minimum Gasteiger partial charge on any atom is -0.325 e. The second-order valence-electron chi connectivity index (χ2n) is 8.07. The first-order valence-corrected chi connectivity index (χ1v) is 13.3. The third kappa shape index (κ3) is 5.03. The van der Waals surface area contributed by atoms with Crippen molar-refractivity contribution in [2.75, 3.05) is 11.1 Å². The predicted molar refractivity (Wildman–Crippen MR) is 151 cm³/mol. The summed E-state index contributed by atoms with van der Waals surface area (Å²) >= 11 is 2.68. The topological polar surface area (TPSA) is 64.0 Å². The van der Waals surface area contributed by atoms with E-state index in [0.717, 1.165) is 27.9 Å². The zero-order valence-corrected chi connectivity index (χ0v) is 21.0. The molecule has 2 aromatic heterocycles. The van der Waals surface area contributed by atoms with Gasteiger partial charge in [0, 0.05) is 23.2 Å². The van der Waals surface area contributed by atoms with E-state index >= 15 is 0 Å². The lowest BCUT2D eigenvalue weighted by molar-refractivity contribution is -0.113. The predicted octanol–water partition coefficient (Wildman–Crippen LogP) is 6.71. The minimum absolute atomic E-state index is 0.130. The Hall–Kier alpha value is -3.94. The van der Waals surface area contributed by atoms with Crippen LogP contribution in [-0.2, 0) is 11.3 Å². The van der Waals surface area contributed by atoms with E-state index in [9.17, 15) is 9.59 Å². The van der Waals surface area contributed by atoms with Crippen molar-refractivity contribution >= 4 is 44.9 Å². The number of fused-ring (bicyclic) bond motifs is 1. The molecule has 3 aromatic carbocycles. The third-order valence-corrected chi connectivity index (χ3v) is 7.51. The molecule has 0 aliphatic carbocycles. The number of amides is 1. The Morgan fingerprint density at radius 1 is 0.944 bits per heavy atom. The maximum Gasteiger partial charge on any atom is 0.263 e. The lowest BCUT2D eigenvalue weighted by atomic mass is 10.0. The Kier molecular flexibility index (Phi) is 7.11. The molecular weight excluding hydrogens is 486 g/mol. The quantitative estimate of drug-likeness (QED) is 0.143. The molecule has 0 saturated heterocycles. The summed E-state index contributed by atoms with van der Waals surface area (Å²) in [7, 11) is 0. The standard InChI is InChI=1S/C29H23N3O2S2/c1-2-17-32-28(34)26-24(22-15-13-21(14-16-22)20-9-5-3-6-10-20)18-35-27(26)31-29(32)36-19-25(33)30-23-11-7-4-8-12-23/h2-16,18H,1,17,19H2,(H,30,33). The fourth-order valence-electron chi connectivity index (χ4n) is 3.94. The third-order valence-electron chi connectivity index (χ3n) is 5.66. The summed E-state index contributed by atoms with van der Waals surface area (Å²) in [6.45, 7) is 4.11. The van der Waals surface area contributed by atoms with E-state index in [-0.39, 0.29) is 17.2 Å². The van der Waals surface area contributed by atoms with Crippen LogP contribution in [0.1, 0.15) is 0 Å². The molecule has 0 saturated carbocycles. The number of hydrogen-bond donors (Lipinski definition) is 1. The van der Waals surface area contributed by atoms with Gasteiger partial charge in [-0.15, -0.1) is 17.9 Å². The number of rotatable bonds is 8. The Balaban J connectivity index is 1.44. The van der Waals surface area contributed by atoms with Crippen molar-refractivity contribution in [3.63, 3.8) is 0 Å². The number of para-hydroxylation sites is 1. The second kappa shape index (κ2) is 10.8. The number of nitrogens with one attached hydrogen (secondary N) is 1. The maximum absolute atomic E-state index is 13.6. The normalized spacial score (nSPS) is 10.9. The van der Waals surface area contributed by atoms with Crippen LogP contribution < -0.4 is 10.9 Å². The van der Waals surface area contributed by atoms with E-state index in [0.29, 0.717) is 21.9 Å². The van der Waals surface area contributed by atoms with Crippen LogP contribution in [0.4, 0.5) is 5.69 Å². The average Bonchev–Trinajstić information content (AvgIpc) is 3.35. The van der Waals surface area contributed by atoms with Crippen molar-refractivity contribution in [1.29, 1.82) is 0 Å². The Morgan fingerprint density at radius 2 is 1.58 bits per heavy atom. The van der Waals surface area contributed by atoms with Gasteiger partial charge in [-0.1, -0.05) is 90.6 Å². The van der Waals surface area contributed by atoms with E-state index in [2.05, 4.69) is 36.2 Å². The van der Waals surface area contributed by atoms with Crippen molar-refractivity contribution in [1.82, 2.24) is 9.55 Å². The zero-order chi connectivity index (χ0) is 24.9. The minimum atomic E-state index is -0.156. The number of thioether (sulfide) groups is 1. The van der Waals surface area contributed by atoms with Crippen LogP contribution in [0.25, 0.3) is 32.5 Å². The summed E-state index contributed by atoms with van der Waals surface area (Å²) in [5.74, 6) is -0.0144. The molecule has 0 fully saturated rings. The zero-order valence-electron chi connectivity index (χ0n) is 19.4. The first-order chi connectivity index (χ1) is 17.6. The molecule has 1 amide bonds. The van der Waals surface area contributed by atoms with Crippen molar-refractivity contribution in [3.05, 3.63) is 113 Å². The fourth-order valence-corrected chi connectivity index (χ4v) is 5.74. The molecule has 0 bridgehead atoms. The Labute approximate surface area is 217 Å². The highest BCUT2D eigenvalue weighted by molar-refractivity contribution is 7.99. The van der Waals surface area contributed by atoms with Crippen LogP contribution >= 0.6 is 23.1 Å². The molecule has 0 aliphatic heterocycles. The molecule has 5 rings (SSSR count). The molecule has 0 radical (unpaired) electrons. The van der Waals surface area contributed by atoms with E-state index in [1.807, 2.05) is 66.0 Å². The summed E-state index contributed by atoms with van der Waals surface area (Å²) in [5, 5.41) is 5.94. The fraction of sp³-hybridized carbons (Fsp3) is 0.0690. The highest BCUT2D eigenvalue weighted by Gasteiger charge is 2.18. The van der Waals surface area contributed by atoms with Crippen molar-refractivity contribution in [2.24, 2.45) is 0 Å². The van der Waals surface area contributed by atoms with Gasteiger partial charge in [-0.05, 0) is 28.8 Å². The number of aromatic nitrogens is 2. The molecule has 178 valence electrons. The van der Waals surface area contributed by atoms with Gasteiger partial charge in [0.15, 0.2) is 5.16 Å². The van der Waals surface area contributed by atoms with Gasteiger partial charge >= 0.3 is 0 Å². The largest absolute Gasteiger partial charge is 0.325 e. The molecule has 0 unspecified atom stereocenters. The highest BCUT2D eigenvalue weighted by Crippen LogP contribution is 2.33. The van der Waals surface area contributed by atoms with Crippen LogP contribution in [0.2, 0.25) is 0 Å². The lowest BCUT2D eigenvalue weighted by Gasteiger charge is -2.11. The highest BCUT2D eigenvalue weighted by atomic mass is 32.2. The summed E-state index contributed by atoms with van der Waals surface area (Å²) < 4.78 is 1.59. The molecule has 1 N–H and O–H groups in total. The average molecular weight is 510 g/mol. The monoisotopic (exact) mass is 509 g/mol. The van der Waals surface area contributed by atoms with Gasteiger partial charge in [0.05, 0.1) is 11.1 Å². The maximum atomic E-state index is 13.6. The molecule has 7 heteroatoms. The van der Waals surface area contributed by atoms with Crippen molar-refractivity contribution in [3.8, 4) is 22.3 Å². The molecule has 2 heterocycles. The number of nitrogens with zero attached hydrogens (tertiary/aromatic N) is 2. The van der Waals surface area contributed by atoms with E-state index < -0.39 is 0 Å². The van der Waals surface area contributed by atoms with Gasteiger partial charge in [0.25, 0.3) is 5.56 Å². The summed E-state index contributed by atoms with van der Waals surface area (Å²) in [6, 6.07) is 27.7. The van der Waals surface area contributed by atoms with Gasteiger partial charge in [0.2, 0.25) is 5.91 Å². The number of thiophene rings is 1. The molecular formula is C29H23N3O2S2.